The standard InChI is InChI=1S/C14H23N3O/c1-2-5-17-13(15-16-14(17)9-18)8-12-7-10-3-4-11(12)6-10/h10-12,18H,2-9H2,1H3. The predicted molar refractivity (Wildman–Crippen MR) is 68.9 cm³/mol. The summed E-state index contributed by atoms with van der Waals surface area (Å²) in [5, 5.41) is 17.7. The van der Waals surface area contributed by atoms with E-state index in [-0.39, 0.29) is 6.61 Å². The van der Waals surface area contributed by atoms with Crippen molar-refractivity contribution in [3.05, 3.63) is 11.6 Å². The molecule has 0 saturated heterocycles. The number of aromatic nitrogens is 3. The molecule has 0 radical (unpaired) electrons. The van der Waals surface area contributed by atoms with Gasteiger partial charge in [0.2, 0.25) is 0 Å². The predicted octanol–water partition coefficient (Wildman–Crippen LogP) is 2.16. The molecule has 2 aliphatic carbocycles. The molecule has 1 aromatic rings. The summed E-state index contributed by atoms with van der Waals surface area (Å²) in [6, 6.07) is 0. The molecule has 3 unspecified atom stereocenters. The lowest BCUT2D eigenvalue weighted by Gasteiger charge is -2.21. The van der Waals surface area contributed by atoms with Crippen LogP contribution in [0.15, 0.2) is 0 Å². The molecule has 0 spiro atoms. The van der Waals surface area contributed by atoms with Gasteiger partial charge in [0.05, 0.1) is 0 Å². The zero-order valence-corrected chi connectivity index (χ0v) is 11.2. The van der Waals surface area contributed by atoms with E-state index < -0.39 is 0 Å². The van der Waals surface area contributed by atoms with Gasteiger partial charge in [-0.15, -0.1) is 10.2 Å². The first-order valence-corrected chi connectivity index (χ1v) is 7.33. The minimum absolute atomic E-state index is 0.00369. The van der Waals surface area contributed by atoms with Gasteiger partial charge in [0.15, 0.2) is 5.82 Å². The molecule has 4 heteroatoms. The molecule has 2 bridgehead atoms. The fraction of sp³-hybridized carbons (Fsp3) is 0.857. The van der Waals surface area contributed by atoms with Crippen molar-refractivity contribution in [2.45, 2.75) is 58.6 Å². The van der Waals surface area contributed by atoms with E-state index in [1.807, 2.05) is 0 Å². The molecule has 2 fully saturated rings. The Labute approximate surface area is 108 Å². The summed E-state index contributed by atoms with van der Waals surface area (Å²) < 4.78 is 2.13. The Morgan fingerprint density at radius 3 is 2.67 bits per heavy atom. The molecule has 2 saturated carbocycles. The number of rotatable bonds is 5. The topological polar surface area (TPSA) is 50.9 Å². The van der Waals surface area contributed by atoms with E-state index in [0.717, 1.165) is 48.8 Å². The number of nitrogens with zero attached hydrogens (tertiary/aromatic N) is 3. The Morgan fingerprint density at radius 1 is 1.22 bits per heavy atom. The minimum Gasteiger partial charge on any atom is -0.388 e. The summed E-state index contributed by atoms with van der Waals surface area (Å²) in [6.07, 6.45) is 7.83. The lowest BCUT2D eigenvalue weighted by molar-refractivity contribution is 0.263. The Morgan fingerprint density at radius 2 is 2.06 bits per heavy atom. The van der Waals surface area contributed by atoms with Gasteiger partial charge in [-0.05, 0) is 43.4 Å². The van der Waals surface area contributed by atoms with Crippen LogP contribution in [0.5, 0.6) is 0 Å². The van der Waals surface area contributed by atoms with Crippen LogP contribution in [0.25, 0.3) is 0 Å². The fourth-order valence-electron chi connectivity index (χ4n) is 3.98. The Bertz CT molecular complexity index is 415. The molecule has 0 aliphatic heterocycles. The van der Waals surface area contributed by atoms with Crippen molar-refractivity contribution < 1.29 is 5.11 Å². The second kappa shape index (κ2) is 5.00. The first kappa shape index (κ1) is 12.2. The molecule has 4 nitrogen and oxygen atoms in total. The van der Waals surface area contributed by atoms with Gasteiger partial charge in [-0.3, -0.25) is 0 Å². The van der Waals surface area contributed by atoms with Crippen LogP contribution in [0.1, 0.15) is 50.7 Å². The Kier molecular flexibility index (Phi) is 3.37. The summed E-state index contributed by atoms with van der Waals surface area (Å²) >= 11 is 0. The highest BCUT2D eigenvalue weighted by atomic mass is 16.3. The number of aliphatic hydroxyl groups is 1. The van der Waals surface area contributed by atoms with Crippen LogP contribution in [-0.4, -0.2) is 19.9 Å². The lowest BCUT2D eigenvalue weighted by atomic mass is 9.86. The smallest absolute Gasteiger partial charge is 0.158 e. The zero-order valence-electron chi connectivity index (χ0n) is 11.2. The fourth-order valence-corrected chi connectivity index (χ4v) is 3.98. The molecule has 1 heterocycles. The molecular weight excluding hydrogens is 226 g/mol. The first-order valence-electron chi connectivity index (χ1n) is 7.33. The third-order valence-electron chi connectivity index (χ3n) is 4.82. The summed E-state index contributed by atoms with van der Waals surface area (Å²) in [7, 11) is 0. The number of hydrogen-bond donors (Lipinski definition) is 1. The van der Waals surface area contributed by atoms with Gasteiger partial charge >= 0.3 is 0 Å². The quantitative estimate of drug-likeness (QED) is 0.870. The molecule has 2 aliphatic rings. The van der Waals surface area contributed by atoms with Crippen molar-refractivity contribution in [3.63, 3.8) is 0 Å². The summed E-state index contributed by atoms with van der Waals surface area (Å²) in [5.74, 6) is 4.56. The maximum absolute atomic E-state index is 9.30. The van der Waals surface area contributed by atoms with E-state index in [9.17, 15) is 5.11 Å². The van der Waals surface area contributed by atoms with Gasteiger partial charge in [-0.1, -0.05) is 13.3 Å². The molecule has 1 N–H and O–H groups in total. The van der Waals surface area contributed by atoms with Crippen molar-refractivity contribution >= 4 is 0 Å². The zero-order chi connectivity index (χ0) is 12.5. The highest BCUT2D eigenvalue weighted by molar-refractivity contribution is 5.00. The van der Waals surface area contributed by atoms with Crippen LogP contribution >= 0.6 is 0 Å². The number of hydrogen-bond acceptors (Lipinski definition) is 3. The van der Waals surface area contributed by atoms with Crippen LogP contribution in [0.2, 0.25) is 0 Å². The average molecular weight is 249 g/mol. The number of fused-ring (bicyclic) bond motifs is 2. The van der Waals surface area contributed by atoms with Crippen molar-refractivity contribution in [3.8, 4) is 0 Å². The lowest BCUT2D eigenvalue weighted by Crippen LogP contribution is -2.17. The third kappa shape index (κ3) is 2.07. The van der Waals surface area contributed by atoms with Crippen LogP contribution < -0.4 is 0 Å². The number of aliphatic hydroxyl groups excluding tert-OH is 1. The van der Waals surface area contributed by atoms with Crippen molar-refractivity contribution in [2.75, 3.05) is 0 Å². The van der Waals surface area contributed by atoms with Crippen LogP contribution in [0.4, 0.5) is 0 Å². The maximum Gasteiger partial charge on any atom is 0.158 e. The van der Waals surface area contributed by atoms with Crippen LogP contribution in [-0.2, 0) is 19.6 Å². The van der Waals surface area contributed by atoms with Gasteiger partial charge in [-0.25, -0.2) is 0 Å². The molecule has 100 valence electrons. The molecule has 0 amide bonds. The van der Waals surface area contributed by atoms with E-state index >= 15 is 0 Å². The summed E-state index contributed by atoms with van der Waals surface area (Å²) in [5.41, 5.74) is 0. The third-order valence-corrected chi connectivity index (χ3v) is 4.82. The SMILES string of the molecule is CCCn1c(CO)nnc1CC1CC2CCC1C2. The summed E-state index contributed by atoms with van der Waals surface area (Å²) in [6.45, 7) is 3.09. The average Bonchev–Trinajstić information content (AvgIpc) is 3.06. The normalized spacial score (nSPS) is 30.2. The van der Waals surface area contributed by atoms with Gasteiger partial charge in [0.1, 0.15) is 12.4 Å². The second-order valence-electron chi connectivity index (χ2n) is 5.98. The first-order chi connectivity index (χ1) is 8.81. The van der Waals surface area contributed by atoms with Gasteiger partial charge in [0.25, 0.3) is 0 Å². The molecule has 3 atom stereocenters. The van der Waals surface area contributed by atoms with E-state index in [1.165, 1.54) is 25.7 Å². The molecule has 0 aromatic carbocycles. The van der Waals surface area contributed by atoms with Gasteiger partial charge < -0.3 is 9.67 Å². The largest absolute Gasteiger partial charge is 0.388 e. The highest BCUT2D eigenvalue weighted by Crippen LogP contribution is 2.49. The van der Waals surface area contributed by atoms with Crippen LogP contribution in [0.3, 0.4) is 0 Å². The monoisotopic (exact) mass is 249 g/mol. The van der Waals surface area contributed by atoms with E-state index in [0.29, 0.717) is 0 Å². The van der Waals surface area contributed by atoms with Gasteiger partial charge in [-0.2, -0.15) is 0 Å². The van der Waals surface area contributed by atoms with Crippen molar-refractivity contribution in [2.24, 2.45) is 17.8 Å². The van der Waals surface area contributed by atoms with Crippen molar-refractivity contribution in [1.82, 2.24) is 14.8 Å². The van der Waals surface area contributed by atoms with Crippen molar-refractivity contribution in [1.29, 1.82) is 0 Å². The Hall–Kier alpha value is -0.900. The van der Waals surface area contributed by atoms with Gasteiger partial charge in [0, 0.05) is 13.0 Å². The Balaban J connectivity index is 1.74. The molecule has 1 aromatic heterocycles. The summed E-state index contributed by atoms with van der Waals surface area (Å²) in [4.78, 5) is 0. The molecule has 18 heavy (non-hydrogen) atoms. The van der Waals surface area contributed by atoms with Crippen LogP contribution in [0, 0.1) is 17.8 Å². The minimum atomic E-state index is 0.00369. The molecule has 3 rings (SSSR count). The van der Waals surface area contributed by atoms with E-state index in [2.05, 4.69) is 21.7 Å². The second-order valence-corrected chi connectivity index (χ2v) is 5.98. The van der Waals surface area contributed by atoms with E-state index in [1.54, 1.807) is 0 Å². The highest BCUT2D eigenvalue weighted by Gasteiger charge is 2.39. The maximum atomic E-state index is 9.30. The van der Waals surface area contributed by atoms with E-state index in [4.69, 9.17) is 0 Å². The molecular formula is C14H23N3O.